The van der Waals surface area contributed by atoms with Gasteiger partial charge in [-0.2, -0.15) is 0 Å². The van der Waals surface area contributed by atoms with Gasteiger partial charge in [0.15, 0.2) is 5.82 Å². The van der Waals surface area contributed by atoms with Crippen LogP contribution in [0.3, 0.4) is 0 Å². The van der Waals surface area contributed by atoms with E-state index in [4.69, 9.17) is 5.73 Å². The van der Waals surface area contributed by atoms with Crippen molar-refractivity contribution in [2.24, 2.45) is 0 Å². The molecule has 0 aliphatic carbocycles. The lowest BCUT2D eigenvalue weighted by atomic mass is 10.1. The second-order valence-electron chi connectivity index (χ2n) is 5.89. The van der Waals surface area contributed by atoms with Gasteiger partial charge < -0.3 is 15.4 Å². The number of aromatic nitrogens is 5. The molecule has 132 valence electrons. The highest BCUT2D eigenvalue weighted by atomic mass is 32.1. The molecule has 4 rings (SSSR count). The van der Waals surface area contributed by atoms with Crippen LogP contribution in [0.1, 0.15) is 19.4 Å². The van der Waals surface area contributed by atoms with Gasteiger partial charge in [-0.1, -0.05) is 48.6 Å². The number of aliphatic hydroxyl groups excluding tert-OH is 1. The largest absolute Gasteiger partial charge is 0.394 e. The summed E-state index contributed by atoms with van der Waals surface area (Å²) in [7, 11) is 0. The number of fused-ring (bicyclic) bond motifs is 1. The van der Waals surface area contributed by atoms with Gasteiger partial charge in [0.2, 0.25) is 0 Å². The van der Waals surface area contributed by atoms with Gasteiger partial charge in [0.1, 0.15) is 27.4 Å². The number of benzene rings is 1. The summed E-state index contributed by atoms with van der Waals surface area (Å²) in [6, 6.07) is 9.86. The van der Waals surface area contributed by atoms with Crippen LogP contribution in [0, 0.1) is 0 Å². The molecule has 0 radical (unpaired) electrons. The van der Waals surface area contributed by atoms with Crippen molar-refractivity contribution in [3.8, 4) is 22.0 Å². The Morgan fingerprint density at radius 1 is 1.19 bits per heavy atom. The van der Waals surface area contributed by atoms with E-state index in [0.29, 0.717) is 11.3 Å². The Kier molecular flexibility index (Phi) is 4.36. The van der Waals surface area contributed by atoms with E-state index in [1.807, 2.05) is 41.8 Å². The molecular weight excluding hydrogens is 348 g/mol. The predicted molar refractivity (Wildman–Crippen MR) is 103 cm³/mol. The molecule has 0 amide bonds. The van der Waals surface area contributed by atoms with Crippen LogP contribution in [0.25, 0.3) is 32.3 Å². The van der Waals surface area contributed by atoms with Crippen molar-refractivity contribution in [2.45, 2.75) is 19.4 Å². The fourth-order valence-corrected chi connectivity index (χ4v) is 3.91. The smallest absolute Gasteiger partial charge is 0.154 e. The molecule has 7 nitrogen and oxygen atoms in total. The Hall–Kier alpha value is -2.84. The normalized spacial score (nSPS) is 12.5. The molecule has 4 aromatic rings. The highest BCUT2D eigenvalue weighted by molar-refractivity contribution is 7.21. The number of thiazole rings is 1. The van der Waals surface area contributed by atoms with E-state index in [2.05, 4.69) is 19.9 Å². The summed E-state index contributed by atoms with van der Waals surface area (Å²) < 4.78 is 1.99. The number of imidazole rings is 1. The summed E-state index contributed by atoms with van der Waals surface area (Å²) in [5.74, 6) is 0.360. The van der Waals surface area contributed by atoms with Crippen molar-refractivity contribution in [2.75, 3.05) is 12.3 Å². The average molecular weight is 366 g/mol. The fourth-order valence-electron chi connectivity index (χ4n) is 2.94. The number of rotatable bonds is 5. The third-order valence-electron chi connectivity index (χ3n) is 4.34. The molecule has 1 aromatic carbocycles. The highest BCUT2D eigenvalue weighted by Gasteiger charge is 2.23. The Morgan fingerprint density at radius 2 is 2.00 bits per heavy atom. The van der Waals surface area contributed by atoms with Gasteiger partial charge in [0, 0.05) is 5.56 Å². The molecule has 0 bridgehead atoms. The summed E-state index contributed by atoms with van der Waals surface area (Å²) in [5.41, 5.74) is 9.22. The lowest BCUT2D eigenvalue weighted by Gasteiger charge is -2.16. The maximum atomic E-state index is 9.81. The van der Waals surface area contributed by atoms with E-state index in [0.717, 1.165) is 33.2 Å². The number of nitrogens with zero attached hydrogens (tertiary/aromatic N) is 5. The van der Waals surface area contributed by atoms with Gasteiger partial charge in [-0.15, -0.1) is 0 Å². The van der Waals surface area contributed by atoms with E-state index in [1.165, 1.54) is 17.7 Å². The second kappa shape index (κ2) is 6.81. The monoisotopic (exact) mass is 366 g/mol. The van der Waals surface area contributed by atoms with Crippen molar-refractivity contribution < 1.29 is 5.11 Å². The maximum Gasteiger partial charge on any atom is 0.154 e. The van der Waals surface area contributed by atoms with Crippen LogP contribution in [-0.4, -0.2) is 36.2 Å². The maximum absolute atomic E-state index is 9.81. The molecule has 8 heteroatoms. The van der Waals surface area contributed by atoms with Crippen molar-refractivity contribution in [1.82, 2.24) is 24.5 Å². The Balaban J connectivity index is 1.97. The third kappa shape index (κ3) is 2.73. The van der Waals surface area contributed by atoms with Crippen LogP contribution in [-0.2, 0) is 0 Å². The first kappa shape index (κ1) is 16.6. The van der Waals surface area contributed by atoms with Crippen LogP contribution < -0.4 is 5.73 Å². The summed E-state index contributed by atoms with van der Waals surface area (Å²) in [5, 5.41) is 10.6. The zero-order chi connectivity index (χ0) is 18.1. The minimum atomic E-state index is -0.0783. The molecule has 0 fully saturated rings. The number of hydrogen-bond donors (Lipinski definition) is 2. The molecular formula is C18H18N6OS. The van der Waals surface area contributed by atoms with Gasteiger partial charge in [-0.25, -0.2) is 19.9 Å². The minimum absolute atomic E-state index is 0.0287. The second-order valence-corrected chi connectivity index (χ2v) is 6.87. The average Bonchev–Trinajstić information content (AvgIpc) is 3.28. The van der Waals surface area contributed by atoms with Gasteiger partial charge in [-0.3, -0.25) is 0 Å². The molecule has 0 spiro atoms. The van der Waals surface area contributed by atoms with Crippen LogP contribution in [0.5, 0.6) is 0 Å². The van der Waals surface area contributed by atoms with E-state index in [9.17, 15) is 5.11 Å². The van der Waals surface area contributed by atoms with E-state index < -0.39 is 0 Å². The molecule has 3 N–H and O–H groups in total. The number of aliphatic hydroxyl groups is 1. The van der Waals surface area contributed by atoms with E-state index in [-0.39, 0.29) is 12.6 Å². The summed E-state index contributed by atoms with van der Waals surface area (Å²) in [6.07, 6.45) is 3.99. The Labute approximate surface area is 154 Å². The molecule has 1 atom stereocenters. The Bertz CT molecular complexity index is 1040. The highest BCUT2D eigenvalue weighted by Crippen LogP contribution is 2.38. The lowest BCUT2D eigenvalue weighted by molar-refractivity contribution is 0.225. The van der Waals surface area contributed by atoms with Crippen LogP contribution in [0.4, 0.5) is 5.82 Å². The standard InChI is InChI=1S/C18H18N6OS/c1-2-12(8-25)24-10-22-13(11-6-4-3-5-7-11)15(24)18-23-14-16(19)20-9-21-17(14)26-18/h3-7,9-10,12,25H,2,8H2,1H3,(H2,19,20,21). The van der Waals surface area contributed by atoms with Crippen molar-refractivity contribution in [1.29, 1.82) is 0 Å². The number of hydrogen-bond acceptors (Lipinski definition) is 7. The van der Waals surface area contributed by atoms with Gasteiger partial charge in [0.05, 0.1) is 24.7 Å². The Morgan fingerprint density at radius 3 is 2.69 bits per heavy atom. The number of nitrogen functional groups attached to an aromatic ring is 1. The van der Waals surface area contributed by atoms with E-state index >= 15 is 0 Å². The number of anilines is 1. The predicted octanol–water partition coefficient (Wildman–Crippen LogP) is 3.14. The summed E-state index contributed by atoms with van der Waals surface area (Å²) in [4.78, 5) is 18.3. The first-order chi connectivity index (χ1) is 12.7. The molecule has 0 saturated heterocycles. The van der Waals surface area contributed by atoms with Gasteiger partial charge >= 0.3 is 0 Å². The molecule has 0 aliphatic rings. The lowest BCUT2D eigenvalue weighted by Crippen LogP contribution is -2.12. The molecule has 0 saturated carbocycles. The van der Waals surface area contributed by atoms with Crippen LogP contribution in [0.15, 0.2) is 43.0 Å². The topological polar surface area (TPSA) is 103 Å². The first-order valence-electron chi connectivity index (χ1n) is 8.33. The molecule has 1 unspecified atom stereocenters. The van der Waals surface area contributed by atoms with Crippen molar-refractivity contribution >= 4 is 27.5 Å². The number of nitrogens with two attached hydrogens (primary N) is 1. The van der Waals surface area contributed by atoms with Crippen LogP contribution >= 0.6 is 11.3 Å². The minimum Gasteiger partial charge on any atom is -0.394 e. The zero-order valence-electron chi connectivity index (χ0n) is 14.2. The molecule has 0 aliphatic heterocycles. The van der Waals surface area contributed by atoms with Gasteiger partial charge in [0.25, 0.3) is 0 Å². The molecule has 3 aromatic heterocycles. The van der Waals surface area contributed by atoms with Crippen LogP contribution in [0.2, 0.25) is 0 Å². The summed E-state index contributed by atoms with van der Waals surface area (Å²) >= 11 is 1.45. The third-order valence-corrected chi connectivity index (χ3v) is 5.31. The SMILES string of the molecule is CCC(CO)n1cnc(-c2ccccc2)c1-c1nc2c(N)ncnc2s1. The first-order valence-corrected chi connectivity index (χ1v) is 9.15. The van der Waals surface area contributed by atoms with Gasteiger partial charge in [-0.05, 0) is 6.42 Å². The quantitative estimate of drug-likeness (QED) is 0.562. The van der Waals surface area contributed by atoms with Crippen molar-refractivity contribution in [3.05, 3.63) is 43.0 Å². The van der Waals surface area contributed by atoms with E-state index in [1.54, 1.807) is 6.33 Å². The summed E-state index contributed by atoms with van der Waals surface area (Å²) in [6.45, 7) is 2.07. The zero-order valence-corrected chi connectivity index (χ0v) is 15.0. The molecule has 3 heterocycles. The molecule has 26 heavy (non-hydrogen) atoms. The van der Waals surface area contributed by atoms with Crippen molar-refractivity contribution in [3.63, 3.8) is 0 Å². The fraction of sp³-hybridized carbons (Fsp3) is 0.222.